The average molecular weight is 239 g/mol. The van der Waals surface area contributed by atoms with Gasteiger partial charge in [0.25, 0.3) is 0 Å². The van der Waals surface area contributed by atoms with Crippen LogP contribution in [0.25, 0.3) is 0 Å². The van der Waals surface area contributed by atoms with Crippen molar-refractivity contribution in [3.8, 4) is 5.88 Å². The molecular weight excluding hydrogens is 218 g/mol. The van der Waals surface area contributed by atoms with Gasteiger partial charge in [-0.05, 0) is 32.4 Å². The monoisotopic (exact) mass is 239 g/mol. The SMILES string of the molecule is CCOc1nc(N(CC)CCCO)ccc1N. The molecule has 0 fully saturated rings. The zero-order chi connectivity index (χ0) is 12.7. The topological polar surface area (TPSA) is 71.6 Å². The third-order valence-corrected chi connectivity index (χ3v) is 2.45. The van der Waals surface area contributed by atoms with Crippen molar-refractivity contribution in [3.05, 3.63) is 12.1 Å². The molecule has 1 heterocycles. The van der Waals surface area contributed by atoms with Gasteiger partial charge in [0, 0.05) is 19.7 Å². The molecule has 0 saturated carbocycles. The van der Waals surface area contributed by atoms with Crippen molar-refractivity contribution in [3.63, 3.8) is 0 Å². The van der Waals surface area contributed by atoms with Crippen LogP contribution in [-0.4, -0.2) is 36.4 Å². The van der Waals surface area contributed by atoms with Crippen molar-refractivity contribution in [2.24, 2.45) is 0 Å². The zero-order valence-electron chi connectivity index (χ0n) is 10.5. The van der Waals surface area contributed by atoms with E-state index in [1.807, 2.05) is 13.0 Å². The number of anilines is 2. The Morgan fingerprint density at radius 1 is 1.41 bits per heavy atom. The summed E-state index contributed by atoms with van der Waals surface area (Å²) >= 11 is 0. The van der Waals surface area contributed by atoms with Crippen molar-refractivity contribution in [1.29, 1.82) is 0 Å². The highest BCUT2D eigenvalue weighted by Crippen LogP contribution is 2.23. The van der Waals surface area contributed by atoms with Gasteiger partial charge in [0.2, 0.25) is 5.88 Å². The highest BCUT2D eigenvalue weighted by molar-refractivity contribution is 5.54. The van der Waals surface area contributed by atoms with Crippen LogP contribution in [-0.2, 0) is 0 Å². The Kier molecular flexibility index (Phi) is 5.56. The molecule has 1 rings (SSSR count). The smallest absolute Gasteiger partial charge is 0.239 e. The Bertz CT molecular complexity index is 345. The first-order chi connectivity index (χ1) is 8.22. The average Bonchev–Trinajstić information content (AvgIpc) is 2.34. The van der Waals surface area contributed by atoms with Crippen LogP contribution in [0, 0.1) is 0 Å². The number of nitrogen functional groups attached to an aromatic ring is 1. The molecule has 1 aromatic rings. The number of pyridine rings is 1. The molecule has 0 radical (unpaired) electrons. The summed E-state index contributed by atoms with van der Waals surface area (Å²) in [7, 11) is 0. The maximum absolute atomic E-state index is 8.85. The Morgan fingerprint density at radius 2 is 2.18 bits per heavy atom. The Balaban J connectivity index is 2.84. The molecule has 0 unspecified atom stereocenters. The van der Waals surface area contributed by atoms with E-state index in [1.165, 1.54) is 0 Å². The van der Waals surface area contributed by atoms with Crippen LogP contribution in [0.5, 0.6) is 5.88 Å². The fraction of sp³-hybridized carbons (Fsp3) is 0.583. The quantitative estimate of drug-likeness (QED) is 0.749. The van der Waals surface area contributed by atoms with Gasteiger partial charge >= 0.3 is 0 Å². The molecule has 0 atom stereocenters. The second-order valence-corrected chi connectivity index (χ2v) is 3.65. The highest BCUT2D eigenvalue weighted by Gasteiger charge is 2.09. The molecule has 0 aromatic carbocycles. The molecule has 0 aliphatic carbocycles. The molecule has 17 heavy (non-hydrogen) atoms. The summed E-state index contributed by atoms with van der Waals surface area (Å²) < 4.78 is 5.36. The van der Waals surface area contributed by atoms with Crippen molar-refractivity contribution in [2.45, 2.75) is 20.3 Å². The second kappa shape index (κ2) is 6.96. The van der Waals surface area contributed by atoms with Crippen molar-refractivity contribution in [1.82, 2.24) is 4.98 Å². The van der Waals surface area contributed by atoms with Gasteiger partial charge in [0.1, 0.15) is 5.82 Å². The van der Waals surface area contributed by atoms with Crippen LogP contribution in [0.3, 0.4) is 0 Å². The van der Waals surface area contributed by atoms with Gasteiger partial charge in [-0.1, -0.05) is 0 Å². The predicted molar refractivity (Wildman–Crippen MR) is 69.4 cm³/mol. The number of aliphatic hydroxyl groups excluding tert-OH is 1. The number of nitrogens with two attached hydrogens (primary N) is 1. The van der Waals surface area contributed by atoms with Crippen molar-refractivity contribution < 1.29 is 9.84 Å². The molecule has 0 aliphatic rings. The van der Waals surface area contributed by atoms with Crippen LogP contribution >= 0.6 is 0 Å². The number of aromatic nitrogens is 1. The van der Waals surface area contributed by atoms with Gasteiger partial charge in [0.15, 0.2) is 0 Å². The van der Waals surface area contributed by atoms with Gasteiger partial charge in [-0.3, -0.25) is 0 Å². The van der Waals surface area contributed by atoms with Crippen LogP contribution in [0.2, 0.25) is 0 Å². The first kappa shape index (κ1) is 13.6. The molecule has 0 bridgehead atoms. The largest absolute Gasteiger partial charge is 0.476 e. The fourth-order valence-electron chi connectivity index (χ4n) is 1.57. The third-order valence-electron chi connectivity index (χ3n) is 2.45. The minimum absolute atomic E-state index is 0.184. The standard InChI is InChI=1S/C12H21N3O2/c1-3-15(8-5-9-16)11-7-6-10(13)12(14-11)17-4-2/h6-7,16H,3-5,8-9,13H2,1-2H3. The first-order valence-corrected chi connectivity index (χ1v) is 5.98. The summed E-state index contributed by atoms with van der Waals surface area (Å²) in [6, 6.07) is 3.67. The molecular formula is C12H21N3O2. The summed E-state index contributed by atoms with van der Waals surface area (Å²) in [5.74, 6) is 1.31. The summed E-state index contributed by atoms with van der Waals surface area (Å²) in [6.45, 7) is 6.29. The molecule has 5 heteroatoms. The van der Waals surface area contributed by atoms with E-state index in [2.05, 4.69) is 16.8 Å². The lowest BCUT2D eigenvalue weighted by Crippen LogP contribution is -2.25. The van der Waals surface area contributed by atoms with E-state index < -0.39 is 0 Å². The molecule has 1 aromatic heterocycles. The molecule has 5 nitrogen and oxygen atoms in total. The Labute approximate surface area is 102 Å². The lowest BCUT2D eigenvalue weighted by atomic mass is 10.3. The summed E-state index contributed by atoms with van der Waals surface area (Å²) in [4.78, 5) is 6.46. The van der Waals surface area contributed by atoms with E-state index >= 15 is 0 Å². The van der Waals surface area contributed by atoms with E-state index in [0.717, 1.165) is 25.3 Å². The van der Waals surface area contributed by atoms with Crippen LogP contribution in [0.1, 0.15) is 20.3 Å². The zero-order valence-corrected chi connectivity index (χ0v) is 10.5. The molecule has 0 spiro atoms. The number of hydrogen-bond acceptors (Lipinski definition) is 5. The van der Waals surface area contributed by atoms with Gasteiger partial charge < -0.3 is 20.5 Å². The first-order valence-electron chi connectivity index (χ1n) is 5.98. The Morgan fingerprint density at radius 3 is 2.76 bits per heavy atom. The normalized spacial score (nSPS) is 10.3. The van der Waals surface area contributed by atoms with E-state index in [0.29, 0.717) is 18.2 Å². The van der Waals surface area contributed by atoms with Gasteiger partial charge in [-0.25, -0.2) is 0 Å². The minimum atomic E-state index is 0.184. The maximum atomic E-state index is 8.85. The van der Waals surface area contributed by atoms with Gasteiger partial charge in [-0.15, -0.1) is 0 Å². The molecule has 96 valence electrons. The number of aliphatic hydroxyl groups is 1. The number of nitrogens with zero attached hydrogens (tertiary/aromatic N) is 2. The summed E-state index contributed by atoms with van der Waals surface area (Å²) in [5.41, 5.74) is 6.32. The van der Waals surface area contributed by atoms with Crippen molar-refractivity contribution in [2.75, 3.05) is 36.9 Å². The lowest BCUT2D eigenvalue weighted by Gasteiger charge is -2.22. The molecule has 0 saturated heterocycles. The van der Waals surface area contributed by atoms with Gasteiger partial charge in [-0.2, -0.15) is 4.98 Å². The number of ether oxygens (including phenoxy) is 1. The molecule has 3 N–H and O–H groups in total. The van der Waals surface area contributed by atoms with Crippen molar-refractivity contribution >= 4 is 11.5 Å². The molecule has 0 aliphatic heterocycles. The lowest BCUT2D eigenvalue weighted by molar-refractivity contribution is 0.289. The Hall–Kier alpha value is -1.49. The van der Waals surface area contributed by atoms with Crippen LogP contribution in [0.4, 0.5) is 11.5 Å². The van der Waals surface area contributed by atoms with Crippen LogP contribution in [0.15, 0.2) is 12.1 Å². The van der Waals surface area contributed by atoms with E-state index in [4.69, 9.17) is 15.6 Å². The second-order valence-electron chi connectivity index (χ2n) is 3.65. The summed E-state index contributed by atoms with van der Waals surface area (Å²) in [6.07, 6.45) is 0.726. The summed E-state index contributed by atoms with van der Waals surface area (Å²) in [5, 5.41) is 8.85. The predicted octanol–water partition coefficient (Wildman–Crippen LogP) is 1.27. The van der Waals surface area contributed by atoms with E-state index in [1.54, 1.807) is 6.07 Å². The van der Waals surface area contributed by atoms with Crippen LogP contribution < -0.4 is 15.4 Å². The molecule has 0 amide bonds. The maximum Gasteiger partial charge on any atom is 0.239 e. The number of rotatable bonds is 7. The van der Waals surface area contributed by atoms with E-state index in [9.17, 15) is 0 Å². The third kappa shape index (κ3) is 3.78. The number of hydrogen-bond donors (Lipinski definition) is 2. The van der Waals surface area contributed by atoms with E-state index in [-0.39, 0.29) is 6.61 Å². The fourth-order valence-corrected chi connectivity index (χ4v) is 1.57. The van der Waals surface area contributed by atoms with Gasteiger partial charge in [0.05, 0.1) is 12.3 Å². The highest BCUT2D eigenvalue weighted by atomic mass is 16.5. The minimum Gasteiger partial charge on any atom is -0.476 e.